The maximum atomic E-state index is 12.7. The van der Waals surface area contributed by atoms with Crippen molar-refractivity contribution in [1.82, 2.24) is 9.91 Å². The van der Waals surface area contributed by atoms with Gasteiger partial charge in [0, 0.05) is 13.1 Å². The number of phenolic OH excluding ortho intramolecular Hbond substituents is 1. The fraction of sp³-hybridized carbons (Fsp3) is 0.318. The van der Waals surface area contributed by atoms with E-state index in [1.807, 2.05) is 24.3 Å². The van der Waals surface area contributed by atoms with E-state index in [-0.39, 0.29) is 30.3 Å². The summed E-state index contributed by atoms with van der Waals surface area (Å²) in [5.41, 5.74) is 3.01. The first-order chi connectivity index (χ1) is 14.4. The van der Waals surface area contributed by atoms with Gasteiger partial charge in [-0.1, -0.05) is 36.4 Å². The average molecular weight is 409 g/mol. The van der Waals surface area contributed by atoms with Crippen LogP contribution in [-0.4, -0.2) is 61.5 Å². The average Bonchev–Trinajstić information content (AvgIpc) is 3.13. The molecular weight excluding hydrogens is 386 g/mol. The van der Waals surface area contributed by atoms with Gasteiger partial charge in [-0.3, -0.25) is 9.59 Å². The van der Waals surface area contributed by atoms with Crippen molar-refractivity contribution in [2.75, 3.05) is 6.54 Å². The third kappa shape index (κ3) is 4.05. The molecule has 0 radical (unpaired) electrons. The Morgan fingerprint density at radius 2 is 1.77 bits per heavy atom. The first-order valence-corrected chi connectivity index (χ1v) is 9.79. The number of aliphatic hydroxyl groups is 2. The Balaban J connectivity index is 1.42. The van der Waals surface area contributed by atoms with Crippen molar-refractivity contribution in [3.05, 3.63) is 65.2 Å². The van der Waals surface area contributed by atoms with Crippen LogP contribution in [0.5, 0.6) is 5.75 Å². The van der Waals surface area contributed by atoms with E-state index in [4.69, 9.17) is 0 Å². The molecule has 0 bridgehead atoms. The van der Waals surface area contributed by atoms with Crippen LogP contribution in [0.1, 0.15) is 23.1 Å². The molecule has 156 valence electrons. The van der Waals surface area contributed by atoms with Gasteiger partial charge in [-0.05, 0) is 35.2 Å². The lowest BCUT2D eigenvalue weighted by molar-refractivity contribution is -0.144. The van der Waals surface area contributed by atoms with Gasteiger partial charge in [-0.25, -0.2) is 5.01 Å². The molecule has 0 saturated heterocycles. The second-order valence-corrected chi connectivity index (χ2v) is 7.55. The van der Waals surface area contributed by atoms with E-state index in [0.29, 0.717) is 19.5 Å². The highest BCUT2D eigenvalue weighted by molar-refractivity contribution is 6.08. The van der Waals surface area contributed by atoms with Crippen LogP contribution in [0.3, 0.4) is 0 Å². The Kier molecular flexibility index (Phi) is 5.52. The van der Waals surface area contributed by atoms with E-state index in [0.717, 1.165) is 11.1 Å². The largest absolute Gasteiger partial charge is 0.508 e. The molecule has 0 fully saturated rings. The second-order valence-electron chi connectivity index (χ2n) is 7.55. The zero-order chi connectivity index (χ0) is 21.3. The monoisotopic (exact) mass is 409 g/mol. The molecule has 30 heavy (non-hydrogen) atoms. The minimum absolute atomic E-state index is 0.0667. The highest BCUT2D eigenvalue weighted by Gasteiger charge is 2.37. The third-order valence-corrected chi connectivity index (χ3v) is 5.47. The van der Waals surface area contributed by atoms with Crippen LogP contribution in [0.4, 0.5) is 0 Å². The van der Waals surface area contributed by atoms with Crippen LogP contribution in [0.2, 0.25) is 0 Å². The summed E-state index contributed by atoms with van der Waals surface area (Å²) in [7, 11) is 0. The molecule has 2 aromatic carbocycles. The molecule has 2 aliphatic heterocycles. The fourth-order valence-corrected chi connectivity index (χ4v) is 3.74. The first kappa shape index (κ1) is 20.1. The van der Waals surface area contributed by atoms with Crippen LogP contribution in [-0.2, 0) is 29.1 Å². The molecule has 2 amide bonds. The molecule has 0 aromatic heterocycles. The summed E-state index contributed by atoms with van der Waals surface area (Å²) in [6.45, 7) is 0.997. The Morgan fingerprint density at radius 1 is 1.07 bits per heavy atom. The lowest BCUT2D eigenvalue weighted by Gasteiger charge is -2.31. The lowest BCUT2D eigenvalue weighted by atomic mass is 9.98. The van der Waals surface area contributed by atoms with Crippen LogP contribution >= 0.6 is 0 Å². The highest BCUT2D eigenvalue weighted by atomic mass is 16.3. The predicted molar refractivity (Wildman–Crippen MR) is 108 cm³/mol. The number of aliphatic hydroxyl groups excluding tert-OH is 2. The van der Waals surface area contributed by atoms with Gasteiger partial charge < -0.3 is 20.2 Å². The number of phenols is 1. The molecule has 2 aromatic rings. The Hall–Kier alpha value is -3.23. The van der Waals surface area contributed by atoms with E-state index < -0.39 is 18.1 Å². The van der Waals surface area contributed by atoms with Crippen molar-refractivity contribution in [2.24, 2.45) is 5.10 Å². The molecule has 3 N–H and O–H groups in total. The van der Waals surface area contributed by atoms with Crippen LogP contribution in [0.25, 0.3) is 0 Å². The first-order valence-electron chi connectivity index (χ1n) is 9.79. The maximum absolute atomic E-state index is 12.7. The highest BCUT2D eigenvalue weighted by Crippen LogP contribution is 2.21. The van der Waals surface area contributed by atoms with E-state index in [9.17, 15) is 24.9 Å². The Labute approximate surface area is 173 Å². The summed E-state index contributed by atoms with van der Waals surface area (Å²) in [6.07, 6.45) is -2.71. The van der Waals surface area contributed by atoms with Gasteiger partial charge in [-0.15, -0.1) is 0 Å². The molecule has 8 heteroatoms. The topological polar surface area (TPSA) is 114 Å². The van der Waals surface area contributed by atoms with Crippen LogP contribution in [0, 0.1) is 0 Å². The molecule has 2 atom stereocenters. The number of fused-ring (bicyclic) bond motifs is 1. The standard InChI is InChI=1S/C22H23N3O5/c26-17-7-5-14(6-8-17)12-25-19(27)11-18(23-25)20(28)21(29)22(30)24-10-9-15-3-1-2-4-16(15)13-24/h1-8,20-21,26,28-29H,9-13H2/t20-,21+/m0/s1. The summed E-state index contributed by atoms with van der Waals surface area (Å²) in [5, 5.41) is 35.6. The number of amides is 2. The van der Waals surface area contributed by atoms with Gasteiger partial charge >= 0.3 is 0 Å². The molecule has 2 aliphatic rings. The van der Waals surface area contributed by atoms with Crippen molar-refractivity contribution < 1.29 is 24.9 Å². The van der Waals surface area contributed by atoms with Gasteiger partial charge in [-0.2, -0.15) is 5.10 Å². The molecular formula is C22H23N3O5. The minimum atomic E-state index is -1.68. The number of hydrazone groups is 1. The van der Waals surface area contributed by atoms with Crippen molar-refractivity contribution in [2.45, 2.75) is 38.1 Å². The number of carbonyl (C=O) groups excluding carboxylic acids is 2. The molecule has 4 rings (SSSR count). The normalized spacial score (nSPS) is 18.1. The van der Waals surface area contributed by atoms with Crippen molar-refractivity contribution in [3.8, 4) is 5.75 Å². The van der Waals surface area contributed by atoms with E-state index in [1.165, 1.54) is 27.6 Å². The number of aromatic hydroxyl groups is 1. The SMILES string of the molecule is O=C([C@H](O)[C@@H](O)C1=NN(Cc2ccc(O)cc2)C(=O)C1)N1CCc2ccccc2C1. The maximum Gasteiger partial charge on any atom is 0.254 e. The quantitative estimate of drug-likeness (QED) is 0.676. The number of rotatable bonds is 5. The van der Waals surface area contributed by atoms with Gasteiger partial charge in [0.15, 0.2) is 6.10 Å². The third-order valence-electron chi connectivity index (χ3n) is 5.47. The van der Waals surface area contributed by atoms with E-state index >= 15 is 0 Å². The smallest absolute Gasteiger partial charge is 0.254 e. The van der Waals surface area contributed by atoms with Crippen molar-refractivity contribution in [1.29, 1.82) is 0 Å². The molecule has 0 unspecified atom stereocenters. The zero-order valence-electron chi connectivity index (χ0n) is 16.3. The summed E-state index contributed by atoms with van der Waals surface area (Å²) in [4.78, 5) is 26.5. The van der Waals surface area contributed by atoms with Gasteiger partial charge in [0.05, 0.1) is 18.7 Å². The fourth-order valence-electron chi connectivity index (χ4n) is 3.74. The van der Waals surface area contributed by atoms with E-state index in [2.05, 4.69) is 5.10 Å². The molecule has 8 nitrogen and oxygen atoms in total. The van der Waals surface area contributed by atoms with Gasteiger partial charge in [0.1, 0.15) is 11.9 Å². The Bertz CT molecular complexity index is 989. The number of benzene rings is 2. The summed E-state index contributed by atoms with van der Waals surface area (Å²) >= 11 is 0. The molecule has 2 heterocycles. The summed E-state index contributed by atoms with van der Waals surface area (Å²) in [5.74, 6) is -0.791. The number of hydrogen-bond donors (Lipinski definition) is 3. The summed E-state index contributed by atoms with van der Waals surface area (Å²) < 4.78 is 0. The van der Waals surface area contributed by atoms with Crippen LogP contribution in [0.15, 0.2) is 53.6 Å². The predicted octanol–water partition coefficient (Wildman–Crippen LogP) is 0.787. The molecule has 0 saturated carbocycles. The van der Waals surface area contributed by atoms with Crippen LogP contribution < -0.4 is 0 Å². The molecule has 0 spiro atoms. The van der Waals surface area contributed by atoms with Crippen molar-refractivity contribution >= 4 is 17.5 Å². The molecule has 0 aliphatic carbocycles. The van der Waals surface area contributed by atoms with Crippen molar-refractivity contribution in [3.63, 3.8) is 0 Å². The zero-order valence-corrected chi connectivity index (χ0v) is 16.3. The van der Waals surface area contributed by atoms with Gasteiger partial charge in [0.25, 0.3) is 5.91 Å². The Morgan fingerprint density at radius 3 is 2.50 bits per heavy atom. The second kappa shape index (κ2) is 8.25. The van der Waals surface area contributed by atoms with E-state index in [1.54, 1.807) is 12.1 Å². The number of carbonyl (C=O) groups is 2. The number of hydrogen-bond acceptors (Lipinski definition) is 6. The van der Waals surface area contributed by atoms with Gasteiger partial charge in [0.2, 0.25) is 5.91 Å². The summed E-state index contributed by atoms with van der Waals surface area (Å²) in [6, 6.07) is 14.2. The lowest BCUT2D eigenvalue weighted by Crippen LogP contribution is -2.48. The minimum Gasteiger partial charge on any atom is -0.508 e. The number of nitrogens with zero attached hydrogens (tertiary/aromatic N) is 3.